The van der Waals surface area contributed by atoms with Crippen molar-refractivity contribution in [2.75, 3.05) is 5.32 Å². The standard InChI is InChI=1S/C13H13N3O2/c17-12-6-3-5-10(8-12)16-13(18)15-9-11-4-1-2-7-14-11/h1-8,17H,9H2,(H2,15,16,18). The Balaban J connectivity index is 1.86. The molecule has 0 fully saturated rings. The van der Waals surface area contributed by atoms with Crippen LogP contribution >= 0.6 is 0 Å². The minimum absolute atomic E-state index is 0.109. The van der Waals surface area contributed by atoms with Gasteiger partial charge in [0.05, 0.1) is 12.2 Å². The highest BCUT2D eigenvalue weighted by atomic mass is 16.3. The second-order valence-electron chi connectivity index (χ2n) is 3.68. The highest BCUT2D eigenvalue weighted by Gasteiger charge is 2.02. The summed E-state index contributed by atoms with van der Waals surface area (Å²) >= 11 is 0. The third-order valence-electron chi connectivity index (χ3n) is 2.26. The highest BCUT2D eigenvalue weighted by Crippen LogP contribution is 2.14. The van der Waals surface area contributed by atoms with Crippen LogP contribution in [0.3, 0.4) is 0 Å². The highest BCUT2D eigenvalue weighted by molar-refractivity contribution is 5.89. The fourth-order valence-corrected chi connectivity index (χ4v) is 1.43. The van der Waals surface area contributed by atoms with Crippen LogP contribution in [0.4, 0.5) is 10.5 Å². The smallest absolute Gasteiger partial charge is 0.319 e. The number of phenolic OH excluding ortho intramolecular Hbond substituents is 1. The van der Waals surface area contributed by atoms with Gasteiger partial charge in [-0.15, -0.1) is 0 Å². The van der Waals surface area contributed by atoms with Gasteiger partial charge in [0.25, 0.3) is 0 Å². The quantitative estimate of drug-likeness (QED) is 0.772. The Morgan fingerprint density at radius 3 is 2.83 bits per heavy atom. The average Bonchev–Trinajstić information content (AvgIpc) is 2.38. The SMILES string of the molecule is O=C(NCc1ccccn1)Nc1cccc(O)c1. The molecular weight excluding hydrogens is 230 g/mol. The van der Waals surface area contributed by atoms with Gasteiger partial charge in [-0.3, -0.25) is 4.98 Å². The number of rotatable bonds is 3. The molecule has 5 heteroatoms. The monoisotopic (exact) mass is 243 g/mol. The number of anilines is 1. The second-order valence-corrected chi connectivity index (χ2v) is 3.68. The molecule has 1 heterocycles. The normalized spacial score (nSPS) is 9.78. The Hall–Kier alpha value is -2.56. The molecule has 0 spiro atoms. The first-order valence-corrected chi connectivity index (χ1v) is 5.48. The van der Waals surface area contributed by atoms with Gasteiger partial charge in [0.2, 0.25) is 0 Å². The molecule has 18 heavy (non-hydrogen) atoms. The summed E-state index contributed by atoms with van der Waals surface area (Å²) < 4.78 is 0. The fraction of sp³-hybridized carbons (Fsp3) is 0.0769. The zero-order valence-corrected chi connectivity index (χ0v) is 9.63. The van der Waals surface area contributed by atoms with Crippen molar-refractivity contribution < 1.29 is 9.90 Å². The molecule has 3 N–H and O–H groups in total. The first-order valence-electron chi connectivity index (χ1n) is 5.48. The summed E-state index contributed by atoms with van der Waals surface area (Å²) in [4.78, 5) is 15.7. The predicted octanol–water partition coefficient (Wildman–Crippen LogP) is 2.11. The number of carbonyl (C=O) groups excluding carboxylic acids is 1. The van der Waals surface area contributed by atoms with Crippen molar-refractivity contribution in [2.24, 2.45) is 0 Å². The minimum Gasteiger partial charge on any atom is -0.508 e. The molecule has 0 unspecified atom stereocenters. The Morgan fingerprint density at radius 1 is 1.22 bits per heavy atom. The van der Waals surface area contributed by atoms with Crippen molar-refractivity contribution >= 4 is 11.7 Å². The van der Waals surface area contributed by atoms with Crippen LogP contribution in [0.25, 0.3) is 0 Å². The van der Waals surface area contributed by atoms with E-state index >= 15 is 0 Å². The lowest BCUT2D eigenvalue weighted by atomic mass is 10.3. The number of phenols is 1. The van der Waals surface area contributed by atoms with E-state index < -0.39 is 0 Å². The van der Waals surface area contributed by atoms with Crippen LogP contribution in [0, 0.1) is 0 Å². The molecule has 2 aromatic rings. The van der Waals surface area contributed by atoms with Crippen LogP contribution in [0.1, 0.15) is 5.69 Å². The van der Waals surface area contributed by atoms with E-state index in [2.05, 4.69) is 15.6 Å². The van der Waals surface area contributed by atoms with Crippen LogP contribution in [-0.4, -0.2) is 16.1 Å². The van der Waals surface area contributed by atoms with E-state index in [-0.39, 0.29) is 11.8 Å². The van der Waals surface area contributed by atoms with E-state index in [0.717, 1.165) is 5.69 Å². The van der Waals surface area contributed by atoms with Gasteiger partial charge >= 0.3 is 6.03 Å². The van der Waals surface area contributed by atoms with Crippen LogP contribution < -0.4 is 10.6 Å². The Kier molecular flexibility index (Phi) is 3.76. The molecule has 0 aliphatic heterocycles. The number of nitrogens with zero attached hydrogens (tertiary/aromatic N) is 1. The van der Waals surface area contributed by atoms with Crippen LogP contribution in [0.2, 0.25) is 0 Å². The third-order valence-corrected chi connectivity index (χ3v) is 2.26. The number of pyridine rings is 1. The molecule has 1 aromatic carbocycles. The van der Waals surface area contributed by atoms with E-state index in [1.807, 2.05) is 18.2 Å². The molecule has 5 nitrogen and oxygen atoms in total. The van der Waals surface area contributed by atoms with E-state index in [0.29, 0.717) is 12.2 Å². The molecule has 0 atom stereocenters. The van der Waals surface area contributed by atoms with E-state index in [1.54, 1.807) is 18.3 Å². The summed E-state index contributed by atoms with van der Waals surface area (Å²) in [6.07, 6.45) is 1.67. The topological polar surface area (TPSA) is 74.2 Å². The maximum atomic E-state index is 11.6. The zero-order chi connectivity index (χ0) is 12.8. The van der Waals surface area contributed by atoms with Gasteiger partial charge in [0.1, 0.15) is 5.75 Å². The first kappa shape index (κ1) is 11.9. The van der Waals surface area contributed by atoms with E-state index in [4.69, 9.17) is 0 Å². The maximum absolute atomic E-state index is 11.6. The Morgan fingerprint density at radius 2 is 2.11 bits per heavy atom. The summed E-state index contributed by atoms with van der Waals surface area (Å²) in [5, 5.41) is 14.5. The third kappa shape index (κ3) is 3.48. The number of nitrogens with one attached hydrogen (secondary N) is 2. The molecule has 0 radical (unpaired) electrons. The Labute approximate surface area is 104 Å². The second kappa shape index (κ2) is 5.67. The summed E-state index contributed by atoms with van der Waals surface area (Å²) in [6, 6.07) is 11.5. The summed E-state index contributed by atoms with van der Waals surface area (Å²) in [7, 11) is 0. The van der Waals surface area contributed by atoms with Gasteiger partial charge in [-0.25, -0.2) is 4.79 Å². The lowest BCUT2D eigenvalue weighted by Crippen LogP contribution is -2.28. The van der Waals surface area contributed by atoms with Gasteiger partial charge in [0, 0.05) is 18.0 Å². The molecule has 0 saturated heterocycles. The van der Waals surface area contributed by atoms with Crippen LogP contribution in [0.15, 0.2) is 48.7 Å². The largest absolute Gasteiger partial charge is 0.508 e. The van der Waals surface area contributed by atoms with Crippen molar-refractivity contribution in [3.8, 4) is 5.75 Å². The van der Waals surface area contributed by atoms with Gasteiger partial charge in [-0.2, -0.15) is 0 Å². The van der Waals surface area contributed by atoms with Crippen molar-refractivity contribution in [1.82, 2.24) is 10.3 Å². The number of carbonyl (C=O) groups is 1. The number of hydrogen-bond donors (Lipinski definition) is 3. The average molecular weight is 243 g/mol. The van der Waals surface area contributed by atoms with Gasteiger partial charge in [-0.05, 0) is 24.3 Å². The molecular formula is C13H13N3O2. The molecule has 1 aromatic heterocycles. The minimum atomic E-state index is -0.341. The summed E-state index contributed by atoms with van der Waals surface area (Å²) in [5.74, 6) is 0.109. The summed E-state index contributed by atoms with van der Waals surface area (Å²) in [6.45, 7) is 0.353. The lowest BCUT2D eigenvalue weighted by molar-refractivity contribution is 0.251. The molecule has 0 aliphatic carbocycles. The first-order chi connectivity index (χ1) is 8.74. The molecule has 0 aliphatic rings. The van der Waals surface area contributed by atoms with Crippen molar-refractivity contribution in [2.45, 2.75) is 6.54 Å². The van der Waals surface area contributed by atoms with Crippen molar-refractivity contribution in [3.05, 3.63) is 54.4 Å². The summed E-state index contributed by atoms with van der Waals surface area (Å²) in [5.41, 5.74) is 1.32. The molecule has 0 saturated carbocycles. The molecule has 0 bridgehead atoms. The molecule has 2 amide bonds. The number of amides is 2. The van der Waals surface area contributed by atoms with E-state index in [9.17, 15) is 9.90 Å². The van der Waals surface area contributed by atoms with Gasteiger partial charge < -0.3 is 15.7 Å². The predicted molar refractivity (Wildman–Crippen MR) is 68.2 cm³/mol. The number of aromatic hydroxyl groups is 1. The molecule has 92 valence electrons. The lowest BCUT2D eigenvalue weighted by Gasteiger charge is -2.07. The number of hydrogen-bond acceptors (Lipinski definition) is 3. The maximum Gasteiger partial charge on any atom is 0.319 e. The number of benzene rings is 1. The van der Waals surface area contributed by atoms with Crippen LogP contribution in [-0.2, 0) is 6.54 Å². The number of urea groups is 1. The van der Waals surface area contributed by atoms with Crippen LogP contribution in [0.5, 0.6) is 5.75 Å². The van der Waals surface area contributed by atoms with Gasteiger partial charge in [-0.1, -0.05) is 12.1 Å². The number of aromatic nitrogens is 1. The van der Waals surface area contributed by atoms with E-state index in [1.165, 1.54) is 12.1 Å². The Bertz CT molecular complexity index is 529. The fourth-order valence-electron chi connectivity index (χ4n) is 1.43. The van der Waals surface area contributed by atoms with Gasteiger partial charge in [0.15, 0.2) is 0 Å². The molecule has 2 rings (SSSR count). The van der Waals surface area contributed by atoms with Crippen molar-refractivity contribution in [3.63, 3.8) is 0 Å². The zero-order valence-electron chi connectivity index (χ0n) is 9.63. The van der Waals surface area contributed by atoms with Crippen molar-refractivity contribution in [1.29, 1.82) is 0 Å².